The smallest absolute Gasteiger partial charge is 0.191 e. The summed E-state index contributed by atoms with van der Waals surface area (Å²) in [5, 5.41) is 12.0. The number of guanidine groups is 1. The minimum Gasteiger partial charge on any atom is -0.361 e. The summed E-state index contributed by atoms with van der Waals surface area (Å²) >= 11 is 0. The fourth-order valence-electron chi connectivity index (χ4n) is 3.43. The first-order chi connectivity index (χ1) is 14.7. The molecule has 2 aromatic carbocycles. The molecule has 0 saturated carbocycles. The first-order valence-corrected chi connectivity index (χ1v) is 9.96. The Morgan fingerprint density at radius 1 is 1.13 bits per heavy atom. The van der Waals surface area contributed by atoms with Crippen LogP contribution >= 0.6 is 24.0 Å². The predicted molar refractivity (Wildman–Crippen MR) is 133 cm³/mol. The first kappa shape index (κ1) is 22.8. The highest BCUT2D eigenvalue weighted by atomic mass is 127. The zero-order valence-corrected chi connectivity index (χ0v) is 19.6. The van der Waals surface area contributed by atoms with E-state index in [0.29, 0.717) is 13.1 Å². The molecule has 2 aromatic heterocycles. The molecule has 0 atom stereocenters. The molecule has 2 heterocycles. The number of aromatic nitrogens is 3. The number of nitrogens with one attached hydrogen (secondary N) is 3. The number of aromatic amines is 1. The molecule has 0 aliphatic heterocycles. The molecule has 8 heteroatoms. The Morgan fingerprint density at radius 2 is 1.97 bits per heavy atom. The fourth-order valence-corrected chi connectivity index (χ4v) is 3.43. The average Bonchev–Trinajstić information content (AvgIpc) is 3.38. The van der Waals surface area contributed by atoms with E-state index >= 15 is 0 Å². The van der Waals surface area contributed by atoms with Crippen LogP contribution in [0.1, 0.15) is 16.7 Å². The molecule has 3 N–H and O–H groups in total. The molecule has 4 rings (SSSR count). The van der Waals surface area contributed by atoms with E-state index in [1.165, 1.54) is 11.6 Å². The molecule has 162 valence electrons. The van der Waals surface area contributed by atoms with E-state index in [4.69, 9.17) is 0 Å². The van der Waals surface area contributed by atoms with Crippen LogP contribution in [0.5, 0.6) is 0 Å². The second kappa shape index (κ2) is 10.9. The van der Waals surface area contributed by atoms with E-state index < -0.39 is 0 Å². The van der Waals surface area contributed by atoms with Crippen molar-refractivity contribution >= 4 is 40.8 Å². The van der Waals surface area contributed by atoms with Crippen LogP contribution in [-0.2, 0) is 19.5 Å². The van der Waals surface area contributed by atoms with Gasteiger partial charge in [0.05, 0.1) is 12.7 Å². The largest absolute Gasteiger partial charge is 0.361 e. The van der Waals surface area contributed by atoms with Gasteiger partial charge in [-0.05, 0) is 35.7 Å². The normalized spacial score (nSPS) is 11.4. The molecule has 0 bridgehead atoms. The van der Waals surface area contributed by atoms with Crippen LogP contribution in [0.3, 0.4) is 0 Å². The number of hydrogen-bond acceptors (Lipinski definition) is 2. The Morgan fingerprint density at radius 3 is 2.77 bits per heavy atom. The Hall–Kier alpha value is -2.88. The quantitative estimate of drug-likeness (QED) is 0.191. The van der Waals surface area contributed by atoms with Gasteiger partial charge in [0.1, 0.15) is 5.82 Å². The van der Waals surface area contributed by atoms with Crippen LogP contribution in [0.4, 0.5) is 4.39 Å². The Balaban J connectivity index is 0.00000272. The third-order valence-corrected chi connectivity index (χ3v) is 4.97. The lowest BCUT2D eigenvalue weighted by Gasteiger charge is -2.11. The highest BCUT2D eigenvalue weighted by molar-refractivity contribution is 14.0. The van der Waals surface area contributed by atoms with Crippen molar-refractivity contribution in [3.8, 4) is 0 Å². The maximum atomic E-state index is 13.5. The van der Waals surface area contributed by atoms with Crippen molar-refractivity contribution in [1.82, 2.24) is 25.4 Å². The van der Waals surface area contributed by atoms with Gasteiger partial charge in [-0.3, -0.25) is 9.67 Å². The number of rotatable bonds is 7. The van der Waals surface area contributed by atoms with Crippen molar-refractivity contribution in [2.24, 2.45) is 4.99 Å². The minimum atomic E-state index is -0.221. The monoisotopic (exact) mass is 532 g/mol. The van der Waals surface area contributed by atoms with Crippen molar-refractivity contribution < 1.29 is 4.39 Å². The number of H-pyrrole nitrogens is 1. The van der Waals surface area contributed by atoms with E-state index in [1.807, 2.05) is 41.5 Å². The molecule has 0 saturated heterocycles. The molecule has 0 spiro atoms. The Bertz CT molecular complexity index is 1140. The average molecular weight is 532 g/mol. The Labute approximate surface area is 198 Å². The SMILES string of the molecule is CN=C(NCCc1c[nH]c2ccc(F)cc12)NCc1cnn(Cc2ccccc2)c1.I. The van der Waals surface area contributed by atoms with Crippen LogP contribution in [0.15, 0.2) is 72.1 Å². The molecular formula is C23H26FIN6. The highest BCUT2D eigenvalue weighted by Gasteiger charge is 2.06. The Kier molecular flexibility index (Phi) is 8.05. The predicted octanol–water partition coefficient (Wildman–Crippen LogP) is 4.08. The third kappa shape index (κ3) is 6.06. The van der Waals surface area contributed by atoms with Gasteiger partial charge in [-0.2, -0.15) is 5.10 Å². The third-order valence-electron chi connectivity index (χ3n) is 4.97. The molecule has 0 radical (unpaired) electrons. The number of benzene rings is 2. The summed E-state index contributed by atoms with van der Waals surface area (Å²) in [6, 6.07) is 15.1. The van der Waals surface area contributed by atoms with Crippen LogP contribution in [0.25, 0.3) is 10.9 Å². The fraction of sp³-hybridized carbons (Fsp3) is 0.217. The summed E-state index contributed by atoms with van der Waals surface area (Å²) in [6.45, 7) is 2.07. The number of halogens is 2. The lowest BCUT2D eigenvalue weighted by molar-refractivity contribution is 0.629. The van der Waals surface area contributed by atoms with Crippen molar-refractivity contribution in [3.05, 3.63) is 89.6 Å². The van der Waals surface area contributed by atoms with Crippen molar-refractivity contribution in [1.29, 1.82) is 0 Å². The maximum Gasteiger partial charge on any atom is 0.191 e. The van der Waals surface area contributed by atoms with E-state index in [0.717, 1.165) is 41.0 Å². The van der Waals surface area contributed by atoms with Crippen LogP contribution in [-0.4, -0.2) is 34.3 Å². The second-order valence-corrected chi connectivity index (χ2v) is 7.14. The van der Waals surface area contributed by atoms with Crippen LogP contribution < -0.4 is 10.6 Å². The molecule has 0 fully saturated rings. The van der Waals surface area contributed by atoms with Gasteiger partial charge >= 0.3 is 0 Å². The van der Waals surface area contributed by atoms with E-state index in [-0.39, 0.29) is 29.8 Å². The van der Waals surface area contributed by atoms with Gasteiger partial charge < -0.3 is 15.6 Å². The maximum absolute atomic E-state index is 13.5. The summed E-state index contributed by atoms with van der Waals surface area (Å²) in [7, 11) is 1.75. The van der Waals surface area contributed by atoms with E-state index in [9.17, 15) is 4.39 Å². The molecule has 4 aromatic rings. The van der Waals surface area contributed by atoms with E-state index in [2.05, 4.69) is 37.8 Å². The van der Waals surface area contributed by atoms with Gasteiger partial charge in [0.2, 0.25) is 0 Å². The van der Waals surface area contributed by atoms with Crippen LogP contribution in [0.2, 0.25) is 0 Å². The summed E-state index contributed by atoms with van der Waals surface area (Å²) in [4.78, 5) is 7.46. The lowest BCUT2D eigenvalue weighted by atomic mass is 10.1. The molecule has 6 nitrogen and oxygen atoms in total. The summed E-state index contributed by atoms with van der Waals surface area (Å²) in [5.74, 6) is 0.499. The van der Waals surface area contributed by atoms with Crippen molar-refractivity contribution in [3.63, 3.8) is 0 Å². The molecule has 0 aliphatic carbocycles. The molecule has 0 amide bonds. The van der Waals surface area contributed by atoms with Gasteiger partial charge in [0, 0.05) is 49.0 Å². The molecular weight excluding hydrogens is 506 g/mol. The standard InChI is InChI=1S/C23H25FN6.HI/c1-25-23(26-10-9-19-14-27-22-8-7-20(24)11-21(19)22)28-12-18-13-29-30(16-18)15-17-5-3-2-4-6-17;/h2-8,11,13-14,16,27H,9-10,12,15H2,1H3,(H2,25,26,28);1H. The number of hydrogen-bond donors (Lipinski definition) is 3. The zero-order valence-electron chi connectivity index (χ0n) is 17.3. The van der Waals surface area contributed by atoms with Gasteiger partial charge in [0.15, 0.2) is 5.96 Å². The highest BCUT2D eigenvalue weighted by Crippen LogP contribution is 2.19. The first-order valence-electron chi connectivity index (χ1n) is 9.96. The summed E-state index contributed by atoms with van der Waals surface area (Å²) < 4.78 is 15.4. The van der Waals surface area contributed by atoms with Crippen molar-refractivity contribution in [2.75, 3.05) is 13.6 Å². The van der Waals surface area contributed by atoms with Gasteiger partial charge in [0.25, 0.3) is 0 Å². The van der Waals surface area contributed by atoms with Crippen molar-refractivity contribution in [2.45, 2.75) is 19.5 Å². The second-order valence-electron chi connectivity index (χ2n) is 7.14. The number of fused-ring (bicyclic) bond motifs is 1. The zero-order chi connectivity index (χ0) is 20.8. The van der Waals surface area contributed by atoms with Gasteiger partial charge in [-0.15, -0.1) is 24.0 Å². The van der Waals surface area contributed by atoms with Gasteiger partial charge in [-0.1, -0.05) is 30.3 Å². The lowest BCUT2D eigenvalue weighted by Crippen LogP contribution is -2.37. The molecule has 31 heavy (non-hydrogen) atoms. The molecule has 0 aliphatic rings. The minimum absolute atomic E-state index is 0. The molecule has 0 unspecified atom stereocenters. The van der Waals surface area contributed by atoms with Gasteiger partial charge in [-0.25, -0.2) is 4.39 Å². The number of nitrogens with zero attached hydrogens (tertiary/aromatic N) is 3. The topological polar surface area (TPSA) is 70.0 Å². The summed E-state index contributed by atoms with van der Waals surface area (Å²) in [5.41, 5.74) is 4.33. The number of aliphatic imine (C=N–C) groups is 1. The van der Waals surface area contributed by atoms with E-state index in [1.54, 1.807) is 19.2 Å². The van der Waals surface area contributed by atoms with Crippen LogP contribution in [0, 0.1) is 5.82 Å². The summed E-state index contributed by atoms with van der Waals surface area (Å²) in [6.07, 6.45) is 6.60.